The SMILES string of the molecule is COc1cc(-c2oncc2-c2cc(N)c(OC)c(Cl)c2)cc(OC)c1OC. The zero-order valence-corrected chi connectivity index (χ0v) is 16.1. The molecule has 7 nitrogen and oxygen atoms in total. The van der Waals surface area contributed by atoms with Gasteiger partial charge in [0.25, 0.3) is 0 Å². The fourth-order valence-electron chi connectivity index (χ4n) is 2.85. The molecule has 0 saturated heterocycles. The molecule has 0 aliphatic carbocycles. The lowest BCUT2D eigenvalue weighted by Crippen LogP contribution is -1.96. The third kappa shape index (κ3) is 3.33. The summed E-state index contributed by atoms with van der Waals surface area (Å²) in [5.74, 6) is 2.42. The zero-order chi connectivity index (χ0) is 19.6. The summed E-state index contributed by atoms with van der Waals surface area (Å²) in [6, 6.07) is 7.04. The molecule has 2 aromatic carbocycles. The van der Waals surface area contributed by atoms with Gasteiger partial charge in [-0.05, 0) is 29.8 Å². The molecule has 3 aromatic rings. The third-order valence-electron chi connectivity index (χ3n) is 4.08. The topological polar surface area (TPSA) is 89.0 Å². The number of rotatable bonds is 6. The van der Waals surface area contributed by atoms with Crippen LogP contribution in [0.5, 0.6) is 23.0 Å². The molecule has 0 saturated carbocycles. The van der Waals surface area contributed by atoms with Gasteiger partial charge in [0.1, 0.15) is 0 Å². The maximum atomic E-state index is 6.27. The fourth-order valence-corrected chi connectivity index (χ4v) is 3.15. The number of methoxy groups -OCH3 is 4. The van der Waals surface area contributed by atoms with Crippen LogP contribution in [0, 0.1) is 0 Å². The lowest BCUT2D eigenvalue weighted by Gasteiger charge is -2.14. The first-order valence-corrected chi connectivity index (χ1v) is 8.30. The van der Waals surface area contributed by atoms with E-state index < -0.39 is 0 Å². The van der Waals surface area contributed by atoms with E-state index in [1.807, 2.05) is 0 Å². The fraction of sp³-hybridized carbons (Fsp3) is 0.211. The van der Waals surface area contributed by atoms with Crippen molar-refractivity contribution in [3.63, 3.8) is 0 Å². The van der Waals surface area contributed by atoms with Gasteiger partial charge in [0.15, 0.2) is 23.0 Å². The summed E-state index contributed by atoms with van der Waals surface area (Å²) in [5, 5.41) is 4.32. The van der Waals surface area contributed by atoms with Gasteiger partial charge in [-0.25, -0.2) is 0 Å². The Morgan fingerprint density at radius 2 is 1.48 bits per heavy atom. The van der Waals surface area contributed by atoms with Crippen LogP contribution in [0.1, 0.15) is 0 Å². The summed E-state index contributed by atoms with van der Waals surface area (Å²) in [7, 11) is 6.15. The largest absolute Gasteiger partial charge is 0.493 e. The van der Waals surface area contributed by atoms with Gasteiger partial charge >= 0.3 is 0 Å². The first-order valence-electron chi connectivity index (χ1n) is 7.92. The third-order valence-corrected chi connectivity index (χ3v) is 4.37. The summed E-state index contributed by atoms with van der Waals surface area (Å²) < 4.78 is 26.9. The number of ether oxygens (including phenoxy) is 4. The lowest BCUT2D eigenvalue weighted by molar-refractivity contribution is 0.324. The van der Waals surface area contributed by atoms with E-state index in [0.717, 1.165) is 5.56 Å². The van der Waals surface area contributed by atoms with Crippen LogP contribution in [0.15, 0.2) is 35.0 Å². The molecule has 0 aliphatic rings. The Bertz CT molecular complexity index is 922. The minimum absolute atomic E-state index is 0.393. The highest BCUT2D eigenvalue weighted by molar-refractivity contribution is 6.33. The van der Waals surface area contributed by atoms with Gasteiger partial charge in [0, 0.05) is 11.1 Å². The first kappa shape index (κ1) is 18.7. The van der Waals surface area contributed by atoms with Crippen LogP contribution < -0.4 is 24.7 Å². The van der Waals surface area contributed by atoms with Gasteiger partial charge < -0.3 is 29.2 Å². The number of anilines is 1. The Hall–Kier alpha value is -3.06. The van der Waals surface area contributed by atoms with Gasteiger partial charge in [-0.1, -0.05) is 16.8 Å². The Kier molecular flexibility index (Phi) is 5.32. The molecule has 142 valence electrons. The van der Waals surface area contributed by atoms with Crippen molar-refractivity contribution in [2.24, 2.45) is 0 Å². The van der Waals surface area contributed by atoms with Gasteiger partial charge in [0.2, 0.25) is 5.75 Å². The van der Waals surface area contributed by atoms with Crippen LogP contribution in [0.4, 0.5) is 5.69 Å². The summed E-state index contributed by atoms with van der Waals surface area (Å²) in [6.45, 7) is 0. The highest BCUT2D eigenvalue weighted by Crippen LogP contribution is 2.44. The molecular formula is C19H19ClN2O5. The molecule has 0 radical (unpaired) electrons. The van der Waals surface area contributed by atoms with Crippen molar-refractivity contribution < 1.29 is 23.5 Å². The van der Waals surface area contributed by atoms with Crippen molar-refractivity contribution in [1.29, 1.82) is 0 Å². The summed E-state index contributed by atoms with van der Waals surface area (Å²) in [6.07, 6.45) is 1.59. The molecule has 0 spiro atoms. The summed E-state index contributed by atoms with van der Waals surface area (Å²) in [5.41, 5.74) is 8.60. The van der Waals surface area contributed by atoms with E-state index in [1.54, 1.807) is 51.8 Å². The average Bonchev–Trinajstić information content (AvgIpc) is 3.16. The Balaban J connectivity index is 2.16. The normalized spacial score (nSPS) is 10.6. The first-order chi connectivity index (χ1) is 13.0. The maximum Gasteiger partial charge on any atom is 0.203 e. The second kappa shape index (κ2) is 7.67. The standard InChI is InChI=1S/C19H19ClN2O5/c1-23-15-7-11(8-16(24-2)19(15)26-4)17-12(9-22-27-17)10-5-13(20)18(25-3)14(21)6-10/h5-9H,21H2,1-4H3. The molecule has 0 atom stereocenters. The quantitative estimate of drug-likeness (QED) is 0.628. The second-order valence-electron chi connectivity index (χ2n) is 5.56. The van der Waals surface area contributed by atoms with Crippen LogP contribution in [0.2, 0.25) is 5.02 Å². The lowest BCUT2D eigenvalue weighted by atomic mass is 10.0. The van der Waals surface area contributed by atoms with Crippen molar-refractivity contribution in [2.75, 3.05) is 34.2 Å². The van der Waals surface area contributed by atoms with Crippen LogP contribution >= 0.6 is 11.6 Å². The van der Waals surface area contributed by atoms with E-state index in [0.29, 0.717) is 50.6 Å². The molecule has 0 aliphatic heterocycles. The molecule has 2 N–H and O–H groups in total. The van der Waals surface area contributed by atoms with Crippen molar-refractivity contribution >= 4 is 17.3 Å². The molecule has 0 fully saturated rings. The highest BCUT2D eigenvalue weighted by atomic mass is 35.5. The molecule has 0 amide bonds. The number of hydrogen-bond donors (Lipinski definition) is 1. The minimum Gasteiger partial charge on any atom is -0.493 e. The monoisotopic (exact) mass is 390 g/mol. The van der Waals surface area contributed by atoms with Crippen molar-refractivity contribution in [3.05, 3.63) is 35.5 Å². The van der Waals surface area contributed by atoms with E-state index in [1.165, 1.54) is 7.11 Å². The predicted octanol–water partition coefficient (Wildman–Crippen LogP) is 4.28. The van der Waals surface area contributed by atoms with Gasteiger partial charge in [-0.2, -0.15) is 0 Å². The number of hydrogen-bond acceptors (Lipinski definition) is 7. The van der Waals surface area contributed by atoms with E-state index in [9.17, 15) is 0 Å². The number of nitrogens with two attached hydrogens (primary N) is 1. The van der Waals surface area contributed by atoms with Crippen LogP contribution in [-0.2, 0) is 0 Å². The van der Waals surface area contributed by atoms with Crippen LogP contribution in [0.3, 0.4) is 0 Å². The number of benzene rings is 2. The molecule has 1 aromatic heterocycles. The molecule has 27 heavy (non-hydrogen) atoms. The Morgan fingerprint density at radius 1 is 0.852 bits per heavy atom. The van der Waals surface area contributed by atoms with Crippen molar-refractivity contribution in [3.8, 4) is 45.4 Å². The number of halogens is 1. The van der Waals surface area contributed by atoms with E-state index in [-0.39, 0.29) is 0 Å². The zero-order valence-electron chi connectivity index (χ0n) is 15.3. The van der Waals surface area contributed by atoms with Crippen molar-refractivity contribution in [1.82, 2.24) is 5.16 Å². The number of aromatic nitrogens is 1. The smallest absolute Gasteiger partial charge is 0.203 e. The minimum atomic E-state index is 0.393. The number of nitrogen functional groups attached to an aromatic ring is 1. The molecule has 0 unspecified atom stereocenters. The van der Waals surface area contributed by atoms with Crippen LogP contribution in [-0.4, -0.2) is 33.6 Å². The molecule has 8 heteroatoms. The summed E-state index contributed by atoms with van der Waals surface area (Å²) in [4.78, 5) is 0. The van der Waals surface area contributed by atoms with Crippen LogP contribution in [0.25, 0.3) is 22.5 Å². The molecule has 1 heterocycles. The van der Waals surface area contributed by atoms with E-state index >= 15 is 0 Å². The van der Waals surface area contributed by atoms with Crippen molar-refractivity contribution in [2.45, 2.75) is 0 Å². The summed E-state index contributed by atoms with van der Waals surface area (Å²) >= 11 is 6.27. The second-order valence-corrected chi connectivity index (χ2v) is 5.97. The van der Waals surface area contributed by atoms with Gasteiger partial charge in [-0.15, -0.1) is 0 Å². The van der Waals surface area contributed by atoms with Gasteiger partial charge in [-0.3, -0.25) is 0 Å². The maximum absolute atomic E-state index is 6.27. The Morgan fingerprint density at radius 3 is 2.00 bits per heavy atom. The van der Waals surface area contributed by atoms with E-state index in [4.69, 9.17) is 40.8 Å². The van der Waals surface area contributed by atoms with Gasteiger partial charge in [0.05, 0.1) is 45.3 Å². The number of nitrogens with zero attached hydrogens (tertiary/aromatic N) is 1. The average molecular weight is 391 g/mol. The molecular weight excluding hydrogens is 372 g/mol. The predicted molar refractivity (Wildman–Crippen MR) is 103 cm³/mol. The van der Waals surface area contributed by atoms with E-state index in [2.05, 4.69) is 5.16 Å². The highest BCUT2D eigenvalue weighted by Gasteiger charge is 2.20. The molecule has 3 rings (SSSR count). The Labute approximate surface area is 161 Å². The molecule has 0 bridgehead atoms.